The number of benzene rings is 2. The molecule has 0 atom stereocenters. The number of hydrogen-bond donors (Lipinski definition) is 0. The summed E-state index contributed by atoms with van der Waals surface area (Å²) in [5, 5.41) is 18.9. The third kappa shape index (κ3) is 5.40. The van der Waals surface area contributed by atoms with E-state index < -0.39 is 10.9 Å². The number of esters is 1. The number of carbonyl (C=O) groups is 1. The molecule has 0 aliphatic rings. The number of ether oxygens (including phenoxy) is 1. The van der Waals surface area contributed by atoms with Gasteiger partial charge in [0.1, 0.15) is 11.4 Å². The molecule has 1 aromatic heterocycles. The van der Waals surface area contributed by atoms with Crippen LogP contribution in [0.25, 0.3) is 11.5 Å². The molecule has 146 valence electrons. The maximum Gasteiger partial charge on any atom is 0.346 e. The molecule has 1 heterocycles. The molecule has 0 fully saturated rings. The molecule has 0 saturated carbocycles. The van der Waals surface area contributed by atoms with Gasteiger partial charge in [-0.2, -0.15) is 0 Å². The normalized spacial score (nSPS) is 10.1. The summed E-state index contributed by atoms with van der Waals surface area (Å²) >= 11 is 1.18. The number of nitrogens with zero attached hydrogens (tertiary/aromatic N) is 3. The lowest BCUT2D eigenvalue weighted by atomic mass is 10.2. The molecule has 3 aromatic rings. The highest BCUT2D eigenvalue weighted by Crippen LogP contribution is 2.23. The number of rotatable bonds is 6. The molecule has 0 spiro atoms. The second kappa shape index (κ2) is 9.48. The van der Waals surface area contributed by atoms with E-state index in [1.54, 1.807) is 0 Å². The minimum absolute atomic E-state index is 0.132. The number of halogens is 1. The van der Waals surface area contributed by atoms with E-state index in [0.29, 0.717) is 11.3 Å². The highest BCUT2D eigenvalue weighted by Gasteiger charge is 2.19. The molecule has 10 heteroatoms. The maximum absolute atomic E-state index is 12.9. The monoisotopic (exact) mass is 413 g/mol. The highest BCUT2D eigenvalue weighted by atomic mass is 32.2. The predicted molar refractivity (Wildman–Crippen MR) is 102 cm³/mol. The Labute approximate surface area is 168 Å². The van der Waals surface area contributed by atoms with Crippen LogP contribution in [0.1, 0.15) is 10.4 Å². The molecule has 29 heavy (non-hydrogen) atoms. The topological polar surface area (TPSA) is 108 Å². The molecule has 3 rings (SSSR count). The van der Waals surface area contributed by atoms with E-state index in [-0.39, 0.29) is 34.8 Å². The van der Waals surface area contributed by atoms with Crippen molar-refractivity contribution in [2.24, 2.45) is 0 Å². The quantitative estimate of drug-likeness (QED) is 0.198. The summed E-state index contributed by atoms with van der Waals surface area (Å²) in [4.78, 5) is 22.2. The highest BCUT2D eigenvalue weighted by molar-refractivity contribution is 7.99. The molecule has 0 aliphatic heterocycles. The lowest BCUT2D eigenvalue weighted by Gasteiger charge is -2.01. The van der Waals surface area contributed by atoms with Crippen molar-refractivity contribution in [1.29, 1.82) is 0 Å². The van der Waals surface area contributed by atoms with Crippen LogP contribution in [0.4, 0.5) is 10.1 Å². The molecule has 0 radical (unpaired) electrons. The van der Waals surface area contributed by atoms with E-state index >= 15 is 0 Å². The molecule has 8 nitrogen and oxygen atoms in total. The third-order valence-corrected chi connectivity index (χ3v) is 4.19. The Morgan fingerprint density at radius 1 is 1.17 bits per heavy atom. The summed E-state index contributed by atoms with van der Waals surface area (Å²) in [6.45, 7) is -0.212. The van der Waals surface area contributed by atoms with Crippen LogP contribution in [0.15, 0.2) is 58.2 Å². The zero-order valence-corrected chi connectivity index (χ0v) is 15.5. The van der Waals surface area contributed by atoms with E-state index in [0.717, 1.165) is 0 Å². The van der Waals surface area contributed by atoms with Gasteiger partial charge >= 0.3 is 5.97 Å². The molecular formula is C19H12FN3O5S. The van der Waals surface area contributed by atoms with Crippen LogP contribution < -0.4 is 0 Å². The standard InChI is InChI=1S/C19H12FN3O5S/c20-14-9-7-13(8-10-14)17-21-22-19(28-17)29-12-4-3-11-27-18(24)15-5-1-2-6-16(15)23(25)26/h1-2,5-10H,11-12H2. The Morgan fingerprint density at radius 3 is 2.69 bits per heavy atom. The first-order valence-electron chi connectivity index (χ1n) is 8.13. The van der Waals surface area contributed by atoms with Crippen LogP contribution in [0, 0.1) is 27.8 Å². The fraction of sp³-hybridized carbons (Fsp3) is 0.105. The third-order valence-electron chi connectivity index (χ3n) is 3.49. The van der Waals surface area contributed by atoms with E-state index in [4.69, 9.17) is 9.15 Å². The van der Waals surface area contributed by atoms with Gasteiger partial charge in [0.05, 0.1) is 10.7 Å². The van der Waals surface area contributed by atoms with Crippen LogP contribution in [-0.4, -0.2) is 33.4 Å². The minimum Gasteiger partial charge on any atom is -0.449 e. The Kier molecular flexibility index (Phi) is 6.55. The largest absolute Gasteiger partial charge is 0.449 e. The zero-order valence-electron chi connectivity index (χ0n) is 14.7. The van der Waals surface area contributed by atoms with Gasteiger partial charge in [0.2, 0.25) is 5.89 Å². The smallest absolute Gasteiger partial charge is 0.346 e. The molecule has 2 aromatic carbocycles. The fourth-order valence-corrected chi connectivity index (χ4v) is 2.70. The Bertz CT molecular complexity index is 1090. The van der Waals surface area contributed by atoms with Crippen molar-refractivity contribution in [3.63, 3.8) is 0 Å². The molecule has 0 aliphatic carbocycles. The molecule has 0 N–H and O–H groups in total. The zero-order chi connectivity index (χ0) is 20.6. The first kappa shape index (κ1) is 20.0. The lowest BCUT2D eigenvalue weighted by Crippen LogP contribution is -2.08. The first-order valence-corrected chi connectivity index (χ1v) is 9.11. The van der Waals surface area contributed by atoms with Crippen LogP contribution >= 0.6 is 11.8 Å². The lowest BCUT2D eigenvalue weighted by molar-refractivity contribution is -0.385. The second-order valence-electron chi connectivity index (χ2n) is 5.37. The number of carbonyl (C=O) groups excluding carboxylic acids is 1. The van der Waals surface area contributed by atoms with Crippen LogP contribution in [0.3, 0.4) is 0 Å². The average Bonchev–Trinajstić information content (AvgIpc) is 3.19. The van der Waals surface area contributed by atoms with Gasteiger partial charge in [-0.15, -0.1) is 10.2 Å². The first-order chi connectivity index (χ1) is 14.0. The van der Waals surface area contributed by atoms with Crippen molar-refractivity contribution >= 4 is 23.4 Å². The second-order valence-corrected chi connectivity index (χ2v) is 6.30. The number of hydrogen-bond acceptors (Lipinski definition) is 8. The van der Waals surface area contributed by atoms with Gasteiger partial charge in [-0.05, 0) is 30.3 Å². The van der Waals surface area contributed by atoms with E-state index in [1.165, 1.54) is 60.3 Å². The van der Waals surface area contributed by atoms with E-state index in [2.05, 4.69) is 22.0 Å². The summed E-state index contributed by atoms with van der Waals surface area (Å²) in [6, 6.07) is 11.2. The molecule has 0 unspecified atom stereocenters. The summed E-state index contributed by atoms with van der Waals surface area (Å²) in [5.41, 5.74) is 0.140. The summed E-state index contributed by atoms with van der Waals surface area (Å²) < 4.78 is 23.3. The van der Waals surface area contributed by atoms with Gasteiger partial charge in [0.25, 0.3) is 10.9 Å². The van der Waals surface area contributed by atoms with Crippen molar-refractivity contribution < 1.29 is 23.3 Å². The fourth-order valence-electron chi connectivity index (χ4n) is 2.16. The Balaban J connectivity index is 1.47. The predicted octanol–water partition coefficient (Wildman–Crippen LogP) is 3.74. The van der Waals surface area contributed by atoms with Crippen molar-refractivity contribution in [1.82, 2.24) is 10.2 Å². The summed E-state index contributed by atoms with van der Waals surface area (Å²) in [5.74, 6) is 4.78. The van der Waals surface area contributed by atoms with Crippen LogP contribution in [-0.2, 0) is 4.74 Å². The Hall–Kier alpha value is -3.71. The molecular weight excluding hydrogens is 401 g/mol. The van der Waals surface area contributed by atoms with Crippen LogP contribution in [0.2, 0.25) is 0 Å². The number of nitro benzene ring substituents is 1. The van der Waals surface area contributed by atoms with Gasteiger partial charge in [0, 0.05) is 11.6 Å². The number of nitro groups is 1. The van der Waals surface area contributed by atoms with Gasteiger partial charge in [-0.1, -0.05) is 35.7 Å². The van der Waals surface area contributed by atoms with Gasteiger partial charge in [0.15, 0.2) is 6.61 Å². The van der Waals surface area contributed by atoms with Crippen molar-refractivity contribution in [2.75, 3.05) is 12.4 Å². The van der Waals surface area contributed by atoms with Gasteiger partial charge in [-0.25, -0.2) is 9.18 Å². The Morgan fingerprint density at radius 2 is 1.93 bits per heavy atom. The summed E-state index contributed by atoms with van der Waals surface area (Å²) in [7, 11) is 0. The number of thioether (sulfide) groups is 1. The SMILES string of the molecule is O=C(OCC#CCSc1nnc(-c2ccc(F)cc2)o1)c1ccccc1[N+](=O)[O-]. The minimum atomic E-state index is -0.819. The van der Waals surface area contributed by atoms with Crippen molar-refractivity contribution in [2.45, 2.75) is 5.22 Å². The molecule has 0 bridgehead atoms. The number of aromatic nitrogens is 2. The van der Waals surface area contributed by atoms with Gasteiger partial charge < -0.3 is 9.15 Å². The van der Waals surface area contributed by atoms with Gasteiger partial charge in [-0.3, -0.25) is 10.1 Å². The van der Waals surface area contributed by atoms with Crippen molar-refractivity contribution in [3.05, 3.63) is 70.0 Å². The van der Waals surface area contributed by atoms with Crippen molar-refractivity contribution in [3.8, 4) is 23.3 Å². The summed E-state index contributed by atoms with van der Waals surface area (Å²) in [6.07, 6.45) is 0. The maximum atomic E-state index is 12.9. The number of para-hydroxylation sites is 1. The van der Waals surface area contributed by atoms with Crippen LogP contribution in [0.5, 0.6) is 0 Å². The molecule has 0 amide bonds. The average molecular weight is 413 g/mol. The van der Waals surface area contributed by atoms with E-state index in [1.807, 2.05) is 0 Å². The van der Waals surface area contributed by atoms with E-state index in [9.17, 15) is 19.3 Å². The molecule has 0 saturated heterocycles.